The van der Waals surface area contributed by atoms with E-state index in [0.717, 1.165) is 0 Å². The predicted octanol–water partition coefficient (Wildman–Crippen LogP) is 0.0852. The van der Waals surface area contributed by atoms with Crippen molar-refractivity contribution in [2.24, 2.45) is 0 Å². The van der Waals surface area contributed by atoms with Gasteiger partial charge in [0.25, 0.3) is 0 Å². The molecular formula is C4H9NO2S+4. The van der Waals surface area contributed by atoms with Crippen molar-refractivity contribution in [1.29, 1.82) is 0 Å². The quantitative estimate of drug-likeness (QED) is 0.511. The van der Waals surface area contributed by atoms with Crippen LogP contribution in [0.4, 0.5) is 0 Å². The molecule has 8 heavy (non-hydrogen) atoms. The maximum Gasteiger partial charge on any atom is 2.00 e. The molecule has 1 rings (SSSR count). The van der Waals surface area contributed by atoms with Crippen LogP contribution in [0.15, 0.2) is 0 Å². The Morgan fingerprint density at radius 1 is 1.00 bits per heavy atom. The topological polar surface area (TPSA) is 69.0 Å². The van der Waals surface area contributed by atoms with Gasteiger partial charge in [0.1, 0.15) is 0 Å². The summed E-state index contributed by atoms with van der Waals surface area (Å²) in [5, 5.41) is 3.26. The van der Waals surface area contributed by atoms with E-state index in [2.05, 4.69) is 5.32 Å². The van der Waals surface area contributed by atoms with Gasteiger partial charge in [-0.25, -0.2) is 0 Å². The minimum atomic E-state index is 0. The Balaban J connectivity index is 0. The largest absolute Gasteiger partial charge is 2.00 e. The summed E-state index contributed by atoms with van der Waals surface area (Å²) >= 11 is 2.03. The minimum absolute atomic E-state index is 0. The van der Waals surface area contributed by atoms with E-state index in [4.69, 9.17) is 0 Å². The molecule has 0 saturated carbocycles. The lowest BCUT2D eigenvalue weighted by Crippen LogP contribution is -2.24. The fourth-order valence-corrected chi connectivity index (χ4v) is 1.30. The summed E-state index contributed by atoms with van der Waals surface area (Å²) in [5.74, 6) is 2.61. The first kappa shape index (κ1) is 11.1. The zero-order chi connectivity index (χ0) is 4.24. The molecule has 1 N–H and O–H groups in total. The van der Waals surface area contributed by atoms with Gasteiger partial charge in [0.05, 0.1) is 0 Å². The molecule has 0 spiro atoms. The van der Waals surface area contributed by atoms with Crippen LogP contribution < -0.4 is 5.32 Å². The third-order valence-corrected chi connectivity index (χ3v) is 1.83. The van der Waals surface area contributed by atoms with E-state index in [0.29, 0.717) is 0 Å². The number of nitrogens with one attached hydrogen (secondary N) is 1. The van der Waals surface area contributed by atoms with Gasteiger partial charge in [0, 0.05) is 24.6 Å². The molecule has 1 saturated heterocycles. The Morgan fingerprint density at radius 3 is 1.62 bits per heavy atom. The van der Waals surface area contributed by atoms with Crippen molar-refractivity contribution in [3.8, 4) is 0 Å². The van der Waals surface area contributed by atoms with Gasteiger partial charge in [-0.3, -0.25) is 0 Å². The lowest BCUT2D eigenvalue weighted by molar-refractivity contribution is 0.685. The Bertz CT molecular complexity index is 29.5. The van der Waals surface area contributed by atoms with Gasteiger partial charge < -0.3 is 5.32 Å². The van der Waals surface area contributed by atoms with Crippen LogP contribution >= 0.6 is 11.8 Å². The summed E-state index contributed by atoms with van der Waals surface area (Å²) < 4.78 is 0. The molecule has 0 bridgehead atoms. The molecule has 0 unspecified atom stereocenters. The number of thioether (sulfide) groups is 1. The second kappa shape index (κ2) is 7.23. The van der Waals surface area contributed by atoms with Crippen molar-refractivity contribution in [1.82, 2.24) is 5.32 Å². The fourth-order valence-electron chi connectivity index (χ4n) is 0.516. The molecule has 1 fully saturated rings. The van der Waals surface area contributed by atoms with Crippen molar-refractivity contribution in [3.63, 3.8) is 0 Å². The minimum Gasteiger partial charge on any atom is -0.315 e. The molecule has 4 heteroatoms. The Morgan fingerprint density at radius 2 is 1.50 bits per heavy atom. The van der Waals surface area contributed by atoms with E-state index in [-0.39, 0.29) is 11.0 Å². The van der Waals surface area contributed by atoms with Crippen LogP contribution in [0.5, 0.6) is 0 Å². The van der Waals surface area contributed by atoms with Gasteiger partial charge in [-0.05, 0) is 0 Å². The molecule has 0 atom stereocenters. The Labute approximate surface area is 53.5 Å². The first-order valence-corrected chi connectivity index (χ1v) is 3.44. The van der Waals surface area contributed by atoms with E-state index in [1.165, 1.54) is 24.6 Å². The van der Waals surface area contributed by atoms with E-state index in [9.17, 15) is 0 Å². The van der Waals surface area contributed by atoms with Crippen molar-refractivity contribution >= 4 is 11.8 Å². The predicted molar refractivity (Wildman–Crippen MR) is 31.6 cm³/mol. The average molecular weight is 135 g/mol. The second-order valence-corrected chi connectivity index (χ2v) is 2.59. The molecule has 0 amide bonds. The molecule has 0 aromatic rings. The lowest BCUT2D eigenvalue weighted by Gasteiger charge is -2.08. The zero-order valence-electron chi connectivity index (χ0n) is 4.55. The van der Waals surface area contributed by atoms with E-state index < -0.39 is 0 Å². The van der Waals surface area contributed by atoms with Gasteiger partial charge in [0.15, 0.2) is 0 Å². The maximum atomic E-state index is 3.26. The highest BCUT2D eigenvalue weighted by atomic mass is 32.2. The molecule has 0 aliphatic carbocycles. The van der Waals surface area contributed by atoms with Crippen LogP contribution in [0.25, 0.3) is 0 Å². The van der Waals surface area contributed by atoms with Crippen LogP contribution in [-0.4, -0.2) is 24.6 Å². The molecule has 0 aromatic heterocycles. The Hall–Kier alpha value is 0.230. The number of rotatable bonds is 0. The first-order valence-electron chi connectivity index (χ1n) is 2.28. The third kappa shape index (κ3) is 4.39. The smallest absolute Gasteiger partial charge is 0.315 e. The summed E-state index contributed by atoms with van der Waals surface area (Å²) in [5.41, 5.74) is 0. The van der Waals surface area contributed by atoms with Crippen LogP contribution in [0.1, 0.15) is 0 Å². The monoisotopic (exact) mass is 135 g/mol. The second-order valence-electron chi connectivity index (χ2n) is 1.36. The van der Waals surface area contributed by atoms with Crippen molar-refractivity contribution < 1.29 is 11.0 Å². The summed E-state index contributed by atoms with van der Waals surface area (Å²) in [4.78, 5) is 0. The van der Waals surface area contributed by atoms with Crippen molar-refractivity contribution in [3.05, 3.63) is 0 Å². The molecule has 1 heterocycles. The number of hydrogen-bond donors (Lipinski definition) is 1. The summed E-state index contributed by atoms with van der Waals surface area (Å²) in [6.07, 6.45) is 0. The Kier molecular flexibility index (Phi) is 10.0. The van der Waals surface area contributed by atoms with E-state index in [1.807, 2.05) is 11.8 Å². The maximum absolute atomic E-state index is 3.26. The average Bonchev–Trinajstić information content (AvgIpc) is 1.72. The summed E-state index contributed by atoms with van der Waals surface area (Å²) in [6.45, 7) is 2.43. The molecular weight excluding hydrogens is 126 g/mol. The van der Waals surface area contributed by atoms with Crippen LogP contribution in [0.3, 0.4) is 0 Å². The van der Waals surface area contributed by atoms with Gasteiger partial charge in [0.2, 0.25) is 0 Å². The van der Waals surface area contributed by atoms with E-state index >= 15 is 0 Å². The molecule has 1 aliphatic heterocycles. The SMILES string of the molecule is C1CSCCN1.[O+2].[O+2]. The summed E-state index contributed by atoms with van der Waals surface area (Å²) in [7, 11) is 0. The molecule has 0 aromatic carbocycles. The lowest BCUT2D eigenvalue weighted by atomic mass is 10.6. The highest BCUT2D eigenvalue weighted by molar-refractivity contribution is 7.99. The summed E-state index contributed by atoms with van der Waals surface area (Å²) in [6, 6.07) is 0. The van der Waals surface area contributed by atoms with E-state index in [1.54, 1.807) is 0 Å². The molecule has 44 valence electrons. The van der Waals surface area contributed by atoms with Crippen molar-refractivity contribution in [2.45, 2.75) is 0 Å². The number of hydrogen-bond acceptors (Lipinski definition) is 2. The third-order valence-electron chi connectivity index (χ3n) is 0.846. The highest BCUT2D eigenvalue weighted by Gasteiger charge is 2.00. The molecule has 1 aliphatic rings. The fraction of sp³-hybridized carbons (Fsp3) is 1.00. The van der Waals surface area contributed by atoms with Crippen molar-refractivity contribution in [2.75, 3.05) is 24.6 Å². The molecule has 3 nitrogen and oxygen atoms in total. The van der Waals surface area contributed by atoms with Gasteiger partial charge in [-0.15, -0.1) is 0 Å². The first-order chi connectivity index (χ1) is 3.00. The normalized spacial score (nSPS) is 18.0. The highest BCUT2D eigenvalue weighted by Crippen LogP contribution is 1.99. The zero-order valence-corrected chi connectivity index (χ0v) is 5.37. The van der Waals surface area contributed by atoms with Gasteiger partial charge in [-0.1, -0.05) is 0 Å². The van der Waals surface area contributed by atoms with Gasteiger partial charge in [-0.2, -0.15) is 11.8 Å². The standard InChI is InChI=1S/C4H9NS.2O/c1-3-6-4-2-5-1;;/h5H,1-4H2;;/q;2*+2. The van der Waals surface area contributed by atoms with Gasteiger partial charge >= 0.3 is 11.0 Å². The molecule has 8 radical (unpaired) electrons. The van der Waals surface area contributed by atoms with Crippen LogP contribution in [0.2, 0.25) is 0 Å². The van der Waals surface area contributed by atoms with Crippen LogP contribution in [0, 0.1) is 0 Å². The van der Waals surface area contributed by atoms with Crippen LogP contribution in [-0.2, 0) is 11.0 Å².